The summed E-state index contributed by atoms with van der Waals surface area (Å²) in [7, 11) is 1.89. The topological polar surface area (TPSA) is 82.2 Å². The van der Waals surface area contributed by atoms with Gasteiger partial charge >= 0.3 is 0 Å². The van der Waals surface area contributed by atoms with Crippen LogP contribution in [-0.4, -0.2) is 33.5 Å². The first-order valence-electron chi connectivity index (χ1n) is 7.85. The molecule has 0 spiro atoms. The maximum absolute atomic E-state index is 12.4. The predicted octanol–water partition coefficient (Wildman–Crippen LogP) is 2.10. The molecule has 23 heavy (non-hydrogen) atoms. The SMILES string of the molecule is Cc1c([C@H]2OCC[C@@H]2NC(=O)c2cc(C(C)C)on2)cnn1C. The normalized spacial score (nSPS) is 21.1. The number of hydrogen-bond acceptors (Lipinski definition) is 5. The van der Waals surface area contributed by atoms with Gasteiger partial charge in [-0.15, -0.1) is 0 Å². The number of carbonyl (C=O) groups is 1. The van der Waals surface area contributed by atoms with E-state index in [9.17, 15) is 4.79 Å². The number of ether oxygens (including phenoxy) is 1. The summed E-state index contributed by atoms with van der Waals surface area (Å²) in [5.41, 5.74) is 2.36. The van der Waals surface area contributed by atoms with Gasteiger partial charge in [0.05, 0.1) is 12.2 Å². The average Bonchev–Trinajstić information content (AvgIpc) is 3.21. The minimum Gasteiger partial charge on any atom is -0.371 e. The number of aromatic nitrogens is 3. The van der Waals surface area contributed by atoms with Crippen molar-refractivity contribution in [2.75, 3.05) is 6.61 Å². The average molecular weight is 318 g/mol. The molecule has 1 fully saturated rings. The van der Waals surface area contributed by atoms with Crippen LogP contribution < -0.4 is 5.32 Å². The number of nitrogens with one attached hydrogen (secondary N) is 1. The highest BCUT2D eigenvalue weighted by Gasteiger charge is 2.33. The lowest BCUT2D eigenvalue weighted by atomic mass is 10.0. The Bertz CT molecular complexity index is 704. The van der Waals surface area contributed by atoms with E-state index in [4.69, 9.17) is 9.26 Å². The second kappa shape index (κ2) is 6.16. The van der Waals surface area contributed by atoms with Crippen molar-refractivity contribution in [3.05, 3.63) is 35.0 Å². The van der Waals surface area contributed by atoms with E-state index in [0.717, 1.165) is 17.7 Å². The van der Waals surface area contributed by atoms with E-state index in [-0.39, 0.29) is 24.0 Å². The lowest BCUT2D eigenvalue weighted by Crippen LogP contribution is -2.37. The van der Waals surface area contributed by atoms with Crippen molar-refractivity contribution < 1.29 is 14.1 Å². The molecular formula is C16H22N4O3. The number of nitrogens with zero attached hydrogens (tertiary/aromatic N) is 3. The van der Waals surface area contributed by atoms with Crippen LogP contribution in [0, 0.1) is 6.92 Å². The minimum absolute atomic E-state index is 0.0930. The zero-order valence-electron chi connectivity index (χ0n) is 13.9. The van der Waals surface area contributed by atoms with E-state index in [2.05, 4.69) is 15.6 Å². The number of aryl methyl sites for hydroxylation is 1. The van der Waals surface area contributed by atoms with Crippen molar-refractivity contribution >= 4 is 5.91 Å². The Morgan fingerprint density at radius 2 is 2.26 bits per heavy atom. The Balaban J connectivity index is 1.73. The Morgan fingerprint density at radius 3 is 2.87 bits per heavy atom. The summed E-state index contributed by atoms with van der Waals surface area (Å²) in [6.45, 7) is 6.60. The largest absolute Gasteiger partial charge is 0.371 e. The van der Waals surface area contributed by atoms with Gasteiger partial charge in [-0.05, 0) is 13.3 Å². The van der Waals surface area contributed by atoms with E-state index in [1.807, 2.05) is 32.5 Å². The molecule has 1 aliphatic heterocycles. The molecule has 0 radical (unpaired) electrons. The zero-order chi connectivity index (χ0) is 16.6. The smallest absolute Gasteiger partial charge is 0.273 e. The van der Waals surface area contributed by atoms with E-state index in [1.54, 1.807) is 12.3 Å². The monoisotopic (exact) mass is 318 g/mol. The molecule has 124 valence electrons. The fourth-order valence-electron chi connectivity index (χ4n) is 2.75. The molecule has 2 aromatic heterocycles. The second-order valence-corrected chi connectivity index (χ2v) is 6.24. The predicted molar refractivity (Wildman–Crippen MR) is 83.1 cm³/mol. The quantitative estimate of drug-likeness (QED) is 0.933. The van der Waals surface area contributed by atoms with Gasteiger partial charge in [0.2, 0.25) is 0 Å². The molecular weight excluding hydrogens is 296 g/mol. The van der Waals surface area contributed by atoms with Crippen molar-refractivity contribution in [2.45, 2.75) is 45.3 Å². The molecule has 3 heterocycles. The molecule has 1 aliphatic rings. The number of hydrogen-bond donors (Lipinski definition) is 1. The van der Waals surface area contributed by atoms with Gasteiger partial charge in [-0.2, -0.15) is 5.10 Å². The Kier molecular flexibility index (Phi) is 4.21. The highest BCUT2D eigenvalue weighted by molar-refractivity contribution is 5.92. The molecule has 1 amide bonds. The van der Waals surface area contributed by atoms with E-state index < -0.39 is 0 Å². The molecule has 2 aromatic rings. The molecule has 1 saturated heterocycles. The van der Waals surface area contributed by atoms with Crippen molar-refractivity contribution in [1.82, 2.24) is 20.3 Å². The first kappa shape index (κ1) is 15.7. The number of rotatable bonds is 4. The first-order valence-corrected chi connectivity index (χ1v) is 7.85. The van der Waals surface area contributed by atoms with Gasteiger partial charge in [0, 0.05) is 36.9 Å². The van der Waals surface area contributed by atoms with Crippen LogP contribution in [-0.2, 0) is 11.8 Å². The third-order valence-corrected chi connectivity index (χ3v) is 4.32. The van der Waals surface area contributed by atoms with Gasteiger partial charge < -0.3 is 14.6 Å². The molecule has 0 aliphatic carbocycles. The summed E-state index contributed by atoms with van der Waals surface area (Å²) < 4.78 is 12.8. The lowest BCUT2D eigenvalue weighted by Gasteiger charge is -2.19. The summed E-state index contributed by atoms with van der Waals surface area (Å²) >= 11 is 0. The standard InChI is InChI=1S/C16H22N4O3/c1-9(2)14-7-13(19-23-14)16(21)18-12-5-6-22-15(12)11-8-17-20(4)10(11)3/h7-9,12,15H,5-6H2,1-4H3,(H,18,21)/t12-,15+/m0/s1. The van der Waals surface area contributed by atoms with Crippen LogP contribution in [0.3, 0.4) is 0 Å². The van der Waals surface area contributed by atoms with Crippen molar-refractivity contribution in [2.24, 2.45) is 7.05 Å². The number of amides is 1. The Morgan fingerprint density at radius 1 is 1.48 bits per heavy atom. The summed E-state index contributed by atoms with van der Waals surface area (Å²) in [5, 5.41) is 11.1. The van der Waals surface area contributed by atoms with Crippen LogP contribution in [0.2, 0.25) is 0 Å². The van der Waals surface area contributed by atoms with Gasteiger partial charge in [-0.3, -0.25) is 9.48 Å². The van der Waals surface area contributed by atoms with Crippen molar-refractivity contribution in [3.63, 3.8) is 0 Å². The summed E-state index contributed by atoms with van der Waals surface area (Å²) in [6, 6.07) is 1.60. The fourth-order valence-corrected chi connectivity index (χ4v) is 2.75. The molecule has 0 bridgehead atoms. The maximum Gasteiger partial charge on any atom is 0.273 e. The van der Waals surface area contributed by atoms with Crippen LogP contribution in [0.1, 0.15) is 59.8 Å². The third kappa shape index (κ3) is 3.01. The van der Waals surface area contributed by atoms with Crippen molar-refractivity contribution in [1.29, 1.82) is 0 Å². The first-order chi connectivity index (χ1) is 11.0. The fraction of sp³-hybridized carbons (Fsp3) is 0.562. The van der Waals surface area contributed by atoms with E-state index in [0.29, 0.717) is 18.1 Å². The van der Waals surface area contributed by atoms with Gasteiger partial charge in [0.1, 0.15) is 11.9 Å². The lowest BCUT2D eigenvalue weighted by molar-refractivity contribution is 0.0812. The molecule has 2 atom stereocenters. The molecule has 3 rings (SSSR count). The molecule has 0 unspecified atom stereocenters. The van der Waals surface area contributed by atoms with Crippen LogP contribution >= 0.6 is 0 Å². The Hall–Kier alpha value is -2.15. The van der Waals surface area contributed by atoms with Gasteiger partial charge in [0.25, 0.3) is 5.91 Å². The second-order valence-electron chi connectivity index (χ2n) is 6.24. The third-order valence-electron chi connectivity index (χ3n) is 4.32. The molecule has 0 aromatic carbocycles. The summed E-state index contributed by atoms with van der Waals surface area (Å²) in [6.07, 6.45) is 2.39. The van der Waals surface area contributed by atoms with Crippen LogP contribution in [0.4, 0.5) is 0 Å². The van der Waals surface area contributed by atoms with Gasteiger partial charge in [0.15, 0.2) is 5.69 Å². The highest BCUT2D eigenvalue weighted by atomic mass is 16.5. The maximum atomic E-state index is 12.4. The Labute approximate surface area is 135 Å². The van der Waals surface area contributed by atoms with E-state index in [1.165, 1.54) is 0 Å². The minimum atomic E-state index is -0.234. The van der Waals surface area contributed by atoms with Crippen LogP contribution in [0.5, 0.6) is 0 Å². The van der Waals surface area contributed by atoms with Crippen LogP contribution in [0.15, 0.2) is 16.8 Å². The van der Waals surface area contributed by atoms with Gasteiger partial charge in [-0.1, -0.05) is 19.0 Å². The molecule has 0 saturated carbocycles. The van der Waals surface area contributed by atoms with Crippen LogP contribution in [0.25, 0.3) is 0 Å². The van der Waals surface area contributed by atoms with E-state index >= 15 is 0 Å². The number of carbonyl (C=O) groups excluding carboxylic acids is 1. The molecule has 1 N–H and O–H groups in total. The summed E-state index contributed by atoms with van der Waals surface area (Å²) in [4.78, 5) is 12.4. The molecule has 7 heteroatoms. The highest BCUT2D eigenvalue weighted by Crippen LogP contribution is 2.31. The van der Waals surface area contributed by atoms with Gasteiger partial charge in [-0.25, -0.2) is 0 Å². The zero-order valence-corrected chi connectivity index (χ0v) is 13.9. The van der Waals surface area contributed by atoms with Crippen molar-refractivity contribution in [3.8, 4) is 0 Å². The summed E-state index contributed by atoms with van der Waals surface area (Å²) in [5.74, 6) is 0.671. The molecule has 7 nitrogen and oxygen atoms in total.